The van der Waals surface area contributed by atoms with Gasteiger partial charge in [0.2, 0.25) is 5.91 Å². The number of hydrogen-bond donors (Lipinski definition) is 2. The largest absolute Gasteiger partial charge is 0.494 e. The highest BCUT2D eigenvalue weighted by Crippen LogP contribution is 2.19. The highest BCUT2D eigenvalue weighted by atomic mass is 19.1. The molecule has 0 radical (unpaired) electrons. The summed E-state index contributed by atoms with van der Waals surface area (Å²) in [4.78, 5) is 13.3. The molecule has 1 aromatic rings. The molecule has 1 unspecified atom stereocenters. The molecule has 1 fully saturated rings. The molecule has 1 atom stereocenters. The fraction of sp³-hybridized carbons (Fsp3) is 0.462. The molecule has 5 nitrogen and oxygen atoms in total. The van der Waals surface area contributed by atoms with Gasteiger partial charge in [0.1, 0.15) is 6.04 Å². The fourth-order valence-corrected chi connectivity index (χ4v) is 2.26. The first-order valence-electron chi connectivity index (χ1n) is 6.18. The van der Waals surface area contributed by atoms with Gasteiger partial charge in [0.05, 0.1) is 7.11 Å². The molecule has 1 aliphatic heterocycles. The number of nitrogens with one attached hydrogen (secondary N) is 1. The minimum Gasteiger partial charge on any atom is -0.494 e. The van der Waals surface area contributed by atoms with E-state index in [2.05, 4.69) is 5.32 Å². The van der Waals surface area contributed by atoms with Crippen molar-refractivity contribution in [3.05, 3.63) is 29.6 Å². The molecule has 0 saturated carbocycles. The standard InChI is InChI=1S/C13H18FN3O2/c1-19-12-3-2-9(6-10(12)14)8-17-5-4-16-7-11(17)13(15)18/h2-3,6,11,16H,4-5,7-8H2,1H3,(H2,15,18). The van der Waals surface area contributed by atoms with E-state index in [4.69, 9.17) is 10.5 Å². The number of ether oxygens (including phenoxy) is 1. The minimum atomic E-state index is -0.397. The molecule has 1 aliphatic rings. The predicted octanol–water partition coefficient (Wildman–Crippen LogP) is 0.0934. The predicted molar refractivity (Wildman–Crippen MR) is 69.2 cm³/mol. The van der Waals surface area contributed by atoms with Crippen molar-refractivity contribution in [2.24, 2.45) is 5.73 Å². The molecule has 2 rings (SSSR count). The third-order valence-electron chi connectivity index (χ3n) is 3.28. The number of primary amides is 1. The maximum atomic E-state index is 13.6. The van der Waals surface area contributed by atoms with Gasteiger partial charge in [-0.1, -0.05) is 6.07 Å². The van der Waals surface area contributed by atoms with Gasteiger partial charge in [-0.15, -0.1) is 0 Å². The van der Waals surface area contributed by atoms with Gasteiger partial charge in [0.25, 0.3) is 0 Å². The molecule has 104 valence electrons. The van der Waals surface area contributed by atoms with E-state index in [-0.39, 0.29) is 17.7 Å². The zero-order chi connectivity index (χ0) is 13.8. The zero-order valence-corrected chi connectivity index (χ0v) is 10.9. The molecule has 3 N–H and O–H groups in total. The van der Waals surface area contributed by atoms with Gasteiger partial charge >= 0.3 is 0 Å². The number of carbonyl (C=O) groups excluding carboxylic acids is 1. The number of benzene rings is 1. The molecule has 6 heteroatoms. The highest BCUT2D eigenvalue weighted by molar-refractivity contribution is 5.80. The second kappa shape index (κ2) is 5.99. The van der Waals surface area contributed by atoms with Crippen LogP contribution in [0.4, 0.5) is 4.39 Å². The monoisotopic (exact) mass is 267 g/mol. The van der Waals surface area contributed by atoms with E-state index in [1.165, 1.54) is 13.2 Å². The van der Waals surface area contributed by atoms with Crippen molar-refractivity contribution < 1.29 is 13.9 Å². The first-order chi connectivity index (χ1) is 9.11. The van der Waals surface area contributed by atoms with Crippen LogP contribution in [-0.2, 0) is 11.3 Å². The van der Waals surface area contributed by atoms with E-state index in [1.807, 2.05) is 4.90 Å². The van der Waals surface area contributed by atoms with E-state index in [1.54, 1.807) is 12.1 Å². The van der Waals surface area contributed by atoms with Crippen molar-refractivity contribution in [2.45, 2.75) is 12.6 Å². The van der Waals surface area contributed by atoms with Crippen LogP contribution in [0, 0.1) is 5.82 Å². The maximum absolute atomic E-state index is 13.6. The summed E-state index contributed by atoms with van der Waals surface area (Å²) in [5.74, 6) is -0.539. The first kappa shape index (κ1) is 13.8. The van der Waals surface area contributed by atoms with E-state index < -0.39 is 5.82 Å². The molecule has 0 bridgehead atoms. The summed E-state index contributed by atoms with van der Waals surface area (Å²) >= 11 is 0. The number of hydrogen-bond acceptors (Lipinski definition) is 4. The van der Waals surface area contributed by atoms with Gasteiger partial charge in [-0.2, -0.15) is 0 Å². The lowest BCUT2D eigenvalue weighted by molar-refractivity contribution is -0.124. The van der Waals surface area contributed by atoms with Crippen LogP contribution in [0.3, 0.4) is 0 Å². The molecular formula is C13H18FN3O2. The number of halogens is 1. The molecule has 0 aromatic heterocycles. The van der Waals surface area contributed by atoms with Gasteiger partial charge in [-0.3, -0.25) is 9.69 Å². The van der Waals surface area contributed by atoms with Crippen LogP contribution in [0.15, 0.2) is 18.2 Å². The van der Waals surface area contributed by atoms with Crippen LogP contribution >= 0.6 is 0 Å². The summed E-state index contributed by atoms with van der Waals surface area (Å²) in [6, 6.07) is 4.46. The Hall–Kier alpha value is -1.66. The van der Waals surface area contributed by atoms with Gasteiger partial charge < -0.3 is 15.8 Å². The van der Waals surface area contributed by atoms with Crippen LogP contribution in [0.25, 0.3) is 0 Å². The van der Waals surface area contributed by atoms with Crippen molar-refractivity contribution in [2.75, 3.05) is 26.7 Å². The minimum absolute atomic E-state index is 0.218. The number of amides is 1. The molecule has 1 amide bonds. The number of methoxy groups -OCH3 is 1. The molecule has 19 heavy (non-hydrogen) atoms. The third-order valence-corrected chi connectivity index (χ3v) is 3.28. The summed E-state index contributed by atoms with van der Waals surface area (Å²) in [6.07, 6.45) is 0. The lowest BCUT2D eigenvalue weighted by Crippen LogP contribution is -2.56. The summed E-state index contributed by atoms with van der Waals surface area (Å²) in [5.41, 5.74) is 6.17. The Balaban J connectivity index is 2.10. The van der Waals surface area contributed by atoms with E-state index in [9.17, 15) is 9.18 Å². The lowest BCUT2D eigenvalue weighted by atomic mass is 10.1. The third kappa shape index (κ3) is 3.21. The zero-order valence-electron chi connectivity index (χ0n) is 10.9. The van der Waals surface area contributed by atoms with Gasteiger partial charge in [0.15, 0.2) is 11.6 Å². The van der Waals surface area contributed by atoms with Crippen LogP contribution in [0.5, 0.6) is 5.75 Å². The van der Waals surface area contributed by atoms with Crippen molar-refractivity contribution in [1.29, 1.82) is 0 Å². The summed E-state index contributed by atoms with van der Waals surface area (Å²) in [6.45, 7) is 2.54. The lowest BCUT2D eigenvalue weighted by Gasteiger charge is -2.34. The average Bonchev–Trinajstić information content (AvgIpc) is 2.39. The quantitative estimate of drug-likeness (QED) is 0.811. The van der Waals surface area contributed by atoms with Crippen molar-refractivity contribution in [3.63, 3.8) is 0 Å². The van der Waals surface area contributed by atoms with E-state index in [0.29, 0.717) is 19.6 Å². The maximum Gasteiger partial charge on any atom is 0.236 e. The molecule has 0 aliphatic carbocycles. The normalized spacial score (nSPS) is 20.2. The fourth-order valence-electron chi connectivity index (χ4n) is 2.26. The number of nitrogens with two attached hydrogens (primary N) is 1. The van der Waals surface area contributed by atoms with Crippen LogP contribution < -0.4 is 15.8 Å². The second-order valence-electron chi connectivity index (χ2n) is 4.56. The van der Waals surface area contributed by atoms with Crippen molar-refractivity contribution >= 4 is 5.91 Å². The number of nitrogens with zero attached hydrogens (tertiary/aromatic N) is 1. The molecule has 0 spiro atoms. The molecule has 1 heterocycles. The molecule has 1 aromatic carbocycles. The Morgan fingerprint density at radius 3 is 3.05 bits per heavy atom. The highest BCUT2D eigenvalue weighted by Gasteiger charge is 2.26. The van der Waals surface area contributed by atoms with E-state index >= 15 is 0 Å². The number of carbonyl (C=O) groups is 1. The first-order valence-corrected chi connectivity index (χ1v) is 6.18. The Morgan fingerprint density at radius 1 is 1.63 bits per heavy atom. The smallest absolute Gasteiger partial charge is 0.236 e. The van der Waals surface area contributed by atoms with E-state index in [0.717, 1.165) is 12.1 Å². The van der Waals surface area contributed by atoms with Crippen LogP contribution in [-0.4, -0.2) is 43.6 Å². The van der Waals surface area contributed by atoms with Crippen LogP contribution in [0.2, 0.25) is 0 Å². The van der Waals surface area contributed by atoms with Gasteiger partial charge in [-0.25, -0.2) is 4.39 Å². The van der Waals surface area contributed by atoms with Gasteiger partial charge in [-0.05, 0) is 17.7 Å². The second-order valence-corrected chi connectivity index (χ2v) is 4.56. The summed E-state index contributed by atoms with van der Waals surface area (Å²) < 4.78 is 18.5. The Kier molecular flexibility index (Phi) is 4.34. The Labute approximate surface area is 111 Å². The molecule has 1 saturated heterocycles. The number of piperazine rings is 1. The van der Waals surface area contributed by atoms with Crippen LogP contribution in [0.1, 0.15) is 5.56 Å². The summed E-state index contributed by atoms with van der Waals surface area (Å²) in [5, 5.41) is 3.12. The van der Waals surface area contributed by atoms with Crippen molar-refractivity contribution in [3.8, 4) is 5.75 Å². The number of rotatable bonds is 4. The summed E-state index contributed by atoms with van der Waals surface area (Å²) in [7, 11) is 1.43. The topological polar surface area (TPSA) is 67.6 Å². The average molecular weight is 267 g/mol. The Morgan fingerprint density at radius 2 is 2.42 bits per heavy atom. The van der Waals surface area contributed by atoms with Gasteiger partial charge in [0, 0.05) is 26.2 Å². The SMILES string of the molecule is COc1ccc(CN2CCNCC2C(N)=O)cc1F. The Bertz CT molecular complexity index is 467. The molecular weight excluding hydrogens is 249 g/mol. The van der Waals surface area contributed by atoms with Crippen molar-refractivity contribution in [1.82, 2.24) is 10.2 Å².